The summed E-state index contributed by atoms with van der Waals surface area (Å²) >= 11 is 0. The Morgan fingerprint density at radius 2 is 1.85 bits per heavy atom. The minimum Gasteiger partial charge on any atom is -0.465 e. The molecule has 5 heteroatoms. The maximum Gasteiger partial charge on any atom is 0.327 e. The van der Waals surface area contributed by atoms with E-state index in [1.807, 2.05) is 27.7 Å². The summed E-state index contributed by atoms with van der Waals surface area (Å²) in [7, 11) is 6.20. The second-order valence-electron chi connectivity index (χ2n) is 6.25. The molecule has 1 atom stereocenters. The number of likely N-dealkylation sites (N-methyl/N-ethyl adjacent to an activating group) is 1. The molecular weight excluding hydrogens is 254 g/mol. The van der Waals surface area contributed by atoms with Crippen molar-refractivity contribution >= 4 is 5.97 Å². The Morgan fingerprint density at radius 1 is 1.25 bits per heavy atom. The summed E-state index contributed by atoms with van der Waals surface area (Å²) in [4.78, 5) is 16.6. The quantitative estimate of drug-likeness (QED) is 0.612. The Morgan fingerprint density at radius 3 is 2.30 bits per heavy atom. The van der Waals surface area contributed by atoms with Crippen molar-refractivity contribution in [3.63, 3.8) is 0 Å². The predicted octanol–water partition coefficient (Wildman–Crippen LogP) is 1.19. The van der Waals surface area contributed by atoms with Crippen molar-refractivity contribution in [1.29, 1.82) is 0 Å². The summed E-state index contributed by atoms with van der Waals surface area (Å²) < 4.78 is 5.22. The number of nitrogens with one attached hydrogen (secondary N) is 1. The Bertz CT molecular complexity index is 282. The van der Waals surface area contributed by atoms with Gasteiger partial charge in [0.25, 0.3) is 0 Å². The molecule has 0 fully saturated rings. The highest BCUT2D eigenvalue weighted by Gasteiger charge is 2.36. The average Bonchev–Trinajstić information content (AvgIpc) is 2.27. The van der Waals surface area contributed by atoms with Crippen molar-refractivity contribution in [2.45, 2.75) is 45.7 Å². The molecule has 0 aliphatic carbocycles. The summed E-state index contributed by atoms with van der Waals surface area (Å²) in [5.41, 5.74) is -0.656. The fourth-order valence-corrected chi connectivity index (χ4v) is 2.37. The number of rotatable bonds is 10. The first-order valence-corrected chi connectivity index (χ1v) is 7.49. The van der Waals surface area contributed by atoms with Crippen LogP contribution >= 0.6 is 0 Å². The second kappa shape index (κ2) is 9.32. The van der Waals surface area contributed by atoms with Crippen LogP contribution in [0.3, 0.4) is 0 Å². The molecule has 0 aliphatic rings. The van der Waals surface area contributed by atoms with Gasteiger partial charge in [0.15, 0.2) is 0 Å². The zero-order valence-electron chi connectivity index (χ0n) is 14.3. The van der Waals surface area contributed by atoms with Crippen LogP contribution in [0.5, 0.6) is 0 Å². The lowest BCUT2D eigenvalue weighted by Gasteiger charge is -2.34. The molecule has 1 N–H and O–H groups in total. The second-order valence-corrected chi connectivity index (χ2v) is 6.25. The van der Waals surface area contributed by atoms with Crippen molar-refractivity contribution in [2.75, 3.05) is 47.4 Å². The summed E-state index contributed by atoms with van der Waals surface area (Å²) in [5.74, 6) is -0.173. The highest BCUT2D eigenvalue weighted by molar-refractivity contribution is 5.80. The first-order chi connectivity index (χ1) is 9.21. The molecule has 120 valence electrons. The number of nitrogens with zero attached hydrogens (tertiary/aromatic N) is 2. The van der Waals surface area contributed by atoms with Crippen LogP contribution in [-0.4, -0.2) is 74.7 Å². The van der Waals surface area contributed by atoms with Gasteiger partial charge in [0, 0.05) is 12.6 Å². The molecule has 0 aliphatic heterocycles. The zero-order valence-corrected chi connectivity index (χ0v) is 14.3. The zero-order chi connectivity index (χ0) is 15.8. The van der Waals surface area contributed by atoms with Gasteiger partial charge in [-0.05, 0) is 68.3 Å². The number of hydrogen-bond acceptors (Lipinski definition) is 5. The van der Waals surface area contributed by atoms with Crippen molar-refractivity contribution in [3.8, 4) is 0 Å². The standard InChI is InChI=1S/C15H33N3O2/c1-8-20-14(19)15(4,16-13(2)3)12-18(7)11-9-10-17(5)6/h13,16H,8-12H2,1-7H3. The fourth-order valence-electron chi connectivity index (χ4n) is 2.37. The van der Waals surface area contributed by atoms with Crippen molar-refractivity contribution in [2.24, 2.45) is 0 Å². The topological polar surface area (TPSA) is 44.8 Å². The Balaban J connectivity index is 4.51. The van der Waals surface area contributed by atoms with E-state index in [0.29, 0.717) is 13.2 Å². The van der Waals surface area contributed by atoms with Gasteiger partial charge in [-0.2, -0.15) is 0 Å². The summed E-state index contributed by atoms with van der Waals surface area (Å²) in [6, 6.07) is 0.236. The van der Waals surface area contributed by atoms with Crippen LogP contribution < -0.4 is 5.32 Å². The van der Waals surface area contributed by atoms with Gasteiger partial charge >= 0.3 is 5.97 Å². The van der Waals surface area contributed by atoms with E-state index >= 15 is 0 Å². The van der Waals surface area contributed by atoms with Crippen molar-refractivity contribution in [3.05, 3.63) is 0 Å². The molecule has 20 heavy (non-hydrogen) atoms. The van der Waals surface area contributed by atoms with Crippen molar-refractivity contribution < 1.29 is 9.53 Å². The van der Waals surface area contributed by atoms with Crippen LogP contribution in [0.25, 0.3) is 0 Å². The number of carbonyl (C=O) groups is 1. The van der Waals surface area contributed by atoms with Gasteiger partial charge in [0.05, 0.1) is 6.61 Å². The molecule has 1 unspecified atom stereocenters. The molecule has 0 spiro atoms. The molecule has 0 radical (unpaired) electrons. The first kappa shape index (κ1) is 19.4. The van der Waals surface area contributed by atoms with E-state index in [9.17, 15) is 4.79 Å². The van der Waals surface area contributed by atoms with Crippen LogP contribution in [0.1, 0.15) is 34.1 Å². The van der Waals surface area contributed by atoms with Gasteiger partial charge in [-0.15, -0.1) is 0 Å². The minimum atomic E-state index is -0.656. The Kier molecular flexibility index (Phi) is 9.01. The van der Waals surface area contributed by atoms with E-state index in [1.54, 1.807) is 0 Å². The molecule has 0 aromatic carbocycles. The van der Waals surface area contributed by atoms with Crippen LogP contribution in [0.2, 0.25) is 0 Å². The van der Waals surface area contributed by atoms with Crippen molar-refractivity contribution in [1.82, 2.24) is 15.1 Å². The third-order valence-corrected chi connectivity index (χ3v) is 3.06. The van der Waals surface area contributed by atoms with Crippen LogP contribution in [0.4, 0.5) is 0 Å². The van der Waals surface area contributed by atoms with E-state index in [2.05, 4.69) is 36.3 Å². The lowest BCUT2D eigenvalue weighted by atomic mass is 10.0. The molecule has 5 nitrogen and oxygen atoms in total. The molecule has 0 bridgehead atoms. The Labute approximate surface area is 124 Å². The predicted molar refractivity (Wildman–Crippen MR) is 84.0 cm³/mol. The van der Waals surface area contributed by atoms with E-state index in [-0.39, 0.29) is 12.0 Å². The number of ether oxygens (including phenoxy) is 1. The molecule has 0 aromatic heterocycles. The average molecular weight is 287 g/mol. The summed E-state index contributed by atoms with van der Waals surface area (Å²) in [6.45, 7) is 10.9. The minimum absolute atomic E-state index is 0.173. The molecule has 0 saturated carbocycles. The van der Waals surface area contributed by atoms with Gasteiger partial charge in [0.2, 0.25) is 0 Å². The number of esters is 1. The molecule has 0 heterocycles. The van der Waals surface area contributed by atoms with E-state index in [0.717, 1.165) is 19.5 Å². The monoisotopic (exact) mass is 287 g/mol. The highest BCUT2D eigenvalue weighted by atomic mass is 16.5. The number of hydrogen-bond donors (Lipinski definition) is 1. The van der Waals surface area contributed by atoms with Gasteiger partial charge in [-0.3, -0.25) is 10.1 Å². The highest BCUT2D eigenvalue weighted by Crippen LogP contribution is 2.11. The van der Waals surface area contributed by atoms with Crippen LogP contribution in [0.15, 0.2) is 0 Å². The molecule has 0 rings (SSSR count). The van der Waals surface area contributed by atoms with Crippen LogP contribution in [0, 0.1) is 0 Å². The van der Waals surface area contributed by atoms with Crippen LogP contribution in [-0.2, 0) is 9.53 Å². The lowest BCUT2D eigenvalue weighted by molar-refractivity contribution is -0.151. The smallest absolute Gasteiger partial charge is 0.327 e. The van der Waals surface area contributed by atoms with Gasteiger partial charge in [-0.25, -0.2) is 0 Å². The van der Waals surface area contributed by atoms with Gasteiger partial charge in [0.1, 0.15) is 5.54 Å². The third kappa shape index (κ3) is 7.82. The molecule has 0 amide bonds. The van der Waals surface area contributed by atoms with Gasteiger partial charge < -0.3 is 14.5 Å². The molecule has 0 saturated heterocycles. The Hall–Kier alpha value is -0.650. The summed E-state index contributed by atoms with van der Waals surface area (Å²) in [5, 5.41) is 3.34. The van der Waals surface area contributed by atoms with E-state index in [4.69, 9.17) is 4.74 Å². The maximum atomic E-state index is 12.2. The first-order valence-electron chi connectivity index (χ1n) is 7.49. The lowest BCUT2D eigenvalue weighted by Crippen LogP contribution is -2.59. The van der Waals surface area contributed by atoms with Gasteiger partial charge in [-0.1, -0.05) is 0 Å². The molecule has 0 aromatic rings. The normalized spacial score (nSPS) is 14.9. The van der Waals surface area contributed by atoms with E-state index < -0.39 is 5.54 Å². The molecular formula is C15H33N3O2. The summed E-state index contributed by atoms with van der Waals surface area (Å²) in [6.07, 6.45) is 1.09. The largest absolute Gasteiger partial charge is 0.465 e. The number of carbonyl (C=O) groups excluding carboxylic acids is 1. The fraction of sp³-hybridized carbons (Fsp3) is 0.933. The maximum absolute atomic E-state index is 12.2. The SMILES string of the molecule is CCOC(=O)C(C)(CN(C)CCCN(C)C)NC(C)C. The third-order valence-electron chi connectivity index (χ3n) is 3.06. The van der Waals surface area contributed by atoms with E-state index in [1.165, 1.54) is 0 Å².